The molecule has 0 bridgehead atoms. The van der Waals surface area contributed by atoms with Crippen LogP contribution in [0.2, 0.25) is 0 Å². The number of hydrogen-bond donors (Lipinski definition) is 1. The Hall–Kier alpha value is -3.48. The number of hydrogen-bond acceptors (Lipinski definition) is 5. The van der Waals surface area contributed by atoms with Gasteiger partial charge in [0.1, 0.15) is 5.60 Å². The molecule has 34 heavy (non-hydrogen) atoms. The lowest BCUT2D eigenvalue weighted by atomic mass is 9.94. The van der Waals surface area contributed by atoms with Crippen LogP contribution >= 0.6 is 0 Å². The van der Waals surface area contributed by atoms with E-state index in [2.05, 4.69) is 5.32 Å². The van der Waals surface area contributed by atoms with Crippen molar-refractivity contribution in [3.8, 4) is 0 Å². The quantitative estimate of drug-likeness (QED) is 0.458. The first kappa shape index (κ1) is 25.1. The summed E-state index contributed by atoms with van der Waals surface area (Å²) in [6, 6.07) is 13.3. The number of nitrogens with one attached hydrogen (secondary N) is 1. The summed E-state index contributed by atoms with van der Waals surface area (Å²) in [6.45, 7) is 9.62. The Labute approximate surface area is 200 Å². The summed E-state index contributed by atoms with van der Waals surface area (Å²) in [5, 5.41) is 2.72. The van der Waals surface area contributed by atoms with Crippen LogP contribution in [0.1, 0.15) is 90.1 Å². The molecule has 0 radical (unpaired) electrons. The van der Waals surface area contributed by atoms with Crippen molar-refractivity contribution in [3.63, 3.8) is 0 Å². The van der Waals surface area contributed by atoms with Gasteiger partial charge in [-0.1, -0.05) is 38.1 Å². The zero-order valence-corrected chi connectivity index (χ0v) is 20.4. The van der Waals surface area contributed by atoms with E-state index in [0.717, 1.165) is 5.56 Å². The minimum absolute atomic E-state index is 0.0807. The molecular formula is C27H32N2O5. The van der Waals surface area contributed by atoms with E-state index in [4.69, 9.17) is 4.74 Å². The van der Waals surface area contributed by atoms with Crippen LogP contribution in [0, 0.1) is 5.92 Å². The molecular weight excluding hydrogens is 432 g/mol. The Balaban J connectivity index is 1.71. The van der Waals surface area contributed by atoms with Crippen molar-refractivity contribution in [2.24, 2.45) is 5.92 Å². The number of imide groups is 1. The number of carbonyl (C=O) groups excluding carboxylic acids is 4. The van der Waals surface area contributed by atoms with Gasteiger partial charge in [-0.05, 0) is 62.9 Å². The molecule has 0 saturated heterocycles. The highest BCUT2D eigenvalue weighted by molar-refractivity contribution is 6.21. The molecule has 2 aromatic rings. The van der Waals surface area contributed by atoms with Crippen molar-refractivity contribution in [2.45, 2.75) is 59.1 Å². The predicted octanol–water partition coefficient (Wildman–Crippen LogP) is 4.53. The van der Waals surface area contributed by atoms with Crippen LogP contribution < -0.4 is 5.32 Å². The van der Waals surface area contributed by atoms with Gasteiger partial charge in [0.2, 0.25) is 0 Å². The molecule has 3 rings (SSSR count). The SMILES string of the molecule is CC(C)C[C@H](c1ccc(C(=O)NCCC(=O)OC(C)(C)C)cc1)N1C(=O)c2ccccc2C1=O. The highest BCUT2D eigenvalue weighted by atomic mass is 16.6. The number of rotatable bonds is 8. The van der Waals surface area contributed by atoms with Gasteiger partial charge in [-0.3, -0.25) is 24.1 Å². The number of nitrogens with zero attached hydrogens (tertiary/aromatic N) is 1. The summed E-state index contributed by atoms with van der Waals surface area (Å²) < 4.78 is 5.24. The van der Waals surface area contributed by atoms with E-state index in [9.17, 15) is 19.2 Å². The molecule has 180 valence electrons. The van der Waals surface area contributed by atoms with Gasteiger partial charge >= 0.3 is 5.97 Å². The van der Waals surface area contributed by atoms with Crippen molar-refractivity contribution in [2.75, 3.05) is 6.54 Å². The Morgan fingerprint density at radius 3 is 2.00 bits per heavy atom. The Bertz CT molecular complexity index is 1050. The van der Waals surface area contributed by atoms with E-state index < -0.39 is 11.6 Å². The molecule has 7 nitrogen and oxygen atoms in total. The van der Waals surface area contributed by atoms with E-state index >= 15 is 0 Å². The van der Waals surface area contributed by atoms with Crippen LogP contribution in [0.25, 0.3) is 0 Å². The molecule has 3 amide bonds. The number of carbonyl (C=O) groups is 4. The molecule has 1 aliphatic heterocycles. The van der Waals surface area contributed by atoms with Gasteiger partial charge in [0.05, 0.1) is 23.6 Å². The average Bonchev–Trinajstić information content (AvgIpc) is 3.01. The maximum atomic E-state index is 13.0. The van der Waals surface area contributed by atoms with Gasteiger partial charge in [-0.2, -0.15) is 0 Å². The summed E-state index contributed by atoms with van der Waals surface area (Å²) in [4.78, 5) is 51.7. The van der Waals surface area contributed by atoms with Crippen LogP contribution in [-0.2, 0) is 9.53 Å². The maximum Gasteiger partial charge on any atom is 0.308 e. The van der Waals surface area contributed by atoms with Crippen LogP contribution in [-0.4, -0.2) is 40.7 Å². The fourth-order valence-electron chi connectivity index (χ4n) is 3.96. The third-order valence-electron chi connectivity index (χ3n) is 5.42. The Kier molecular flexibility index (Phi) is 7.54. The molecule has 0 spiro atoms. The lowest BCUT2D eigenvalue weighted by molar-refractivity contribution is -0.154. The number of benzene rings is 2. The van der Waals surface area contributed by atoms with E-state index in [0.29, 0.717) is 23.1 Å². The van der Waals surface area contributed by atoms with Gasteiger partial charge in [0.25, 0.3) is 17.7 Å². The maximum absolute atomic E-state index is 13.0. The predicted molar refractivity (Wildman–Crippen MR) is 128 cm³/mol. The molecule has 1 N–H and O–H groups in total. The number of esters is 1. The molecule has 1 aliphatic rings. The van der Waals surface area contributed by atoms with Crippen molar-refractivity contribution >= 4 is 23.7 Å². The average molecular weight is 465 g/mol. The lowest BCUT2D eigenvalue weighted by Gasteiger charge is -2.28. The van der Waals surface area contributed by atoms with Crippen LogP contribution in [0.3, 0.4) is 0 Å². The molecule has 2 aromatic carbocycles. The smallest absolute Gasteiger partial charge is 0.308 e. The van der Waals surface area contributed by atoms with Gasteiger partial charge in [0.15, 0.2) is 0 Å². The normalized spacial score (nSPS) is 14.2. The summed E-state index contributed by atoms with van der Waals surface area (Å²) in [7, 11) is 0. The molecule has 0 unspecified atom stereocenters. The summed E-state index contributed by atoms with van der Waals surface area (Å²) in [5.74, 6) is -1.03. The number of amides is 3. The van der Waals surface area contributed by atoms with Crippen molar-refractivity contribution < 1.29 is 23.9 Å². The lowest BCUT2D eigenvalue weighted by Crippen LogP contribution is -2.35. The number of ether oxygens (including phenoxy) is 1. The van der Waals surface area contributed by atoms with E-state index in [1.54, 1.807) is 69.3 Å². The molecule has 1 heterocycles. The van der Waals surface area contributed by atoms with Gasteiger partial charge in [0, 0.05) is 12.1 Å². The summed E-state index contributed by atoms with van der Waals surface area (Å²) in [5.41, 5.74) is 1.49. The van der Waals surface area contributed by atoms with Crippen molar-refractivity contribution in [1.82, 2.24) is 10.2 Å². The van der Waals surface area contributed by atoms with Crippen molar-refractivity contribution in [3.05, 3.63) is 70.8 Å². The van der Waals surface area contributed by atoms with Gasteiger partial charge < -0.3 is 10.1 Å². The monoisotopic (exact) mass is 464 g/mol. The molecule has 0 fully saturated rings. The molecule has 0 aromatic heterocycles. The highest BCUT2D eigenvalue weighted by Crippen LogP contribution is 2.35. The largest absolute Gasteiger partial charge is 0.460 e. The standard InChI is InChI=1S/C27H32N2O5/c1-17(2)16-22(29-25(32)20-8-6-7-9-21(20)26(29)33)18-10-12-19(13-11-18)24(31)28-15-14-23(30)34-27(3,4)5/h6-13,17,22H,14-16H2,1-5H3,(H,28,31)/t22-/m1/s1. The Morgan fingerprint density at radius 1 is 0.941 bits per heavy atom. The highest BCUT2D eigenvalue weighted by Gasteiger charge is 2.40. The fraction of sp³-hybridized carbons (Fsp3) is 0.407. The summed E-state index contributed by atoms with van der Waals surface area (Å²) >= 11 is 0. The molecule has 1 atom stereocenters. The van der Waals surface area contributed by atoms with E-state index in [1.165, 1.54) is 4.90 Å². The third kappa shape index (κ3) is 5.90. The minimum atomic E-state index is -0.567. The first-order valence-corrected chi connectivity index (χ1v) is 11.5. The second-order valence-corrected chi connectivity index (χ2v) is 9.89. The zero-order chi connectivity index (χ0) is 25.0. The fourth-order valence-corrected chi connectivity index (χ4v) is 3.96. The van der Waals surface area contributed by atoms with Crippen molar-refractivity contribution in [1.29, 1.82) is 0 Å². The minimum Gasteiger partial charge on any atom is -0.460 e. The third-order valence-corrected chi connectivity index (χ3v) is 5.42. The Morgan fingerprint density at radius 2 is 1.50 bits per heavy atom. The van der Waals surface area contributed by atoms with Gasteiger partial charge in [-0.25, -0.2) is 0 Å². The second-order valence-electron chi connectivity index (χ2n) is 9.89. The van der Waals surface area contributed by atoms with Crippen LogP contribution in [0.4, 0.5) is 0 Å². The topological polar surface area (TPSA) is 92.8 Å². The van der Waals surface area contributed by atoms with Gasteiger partial charge in [-0.15, -0.1) is 0 Å². The van der Waals surface area contributed by atoms with E-state index in [-0.39, 0.29) is 42.6 Å². The molecule has 0 aliphatic carbocycles. The van der Waals surface area contributed by atoms with Crippen LogP contribution in [0.15, 0.2) is 48.5 Å². The van der Waals surface area contributed by atoms with E-state index in [1.807, 2.05) is 13.8 Å². The van der Waals surface area contributed by atoms with Crippen LogP contribution in [0.5, 0.6) is 0 Å². The number of fused-ring (bicyclic) bond motifs is 1. The second kappa shape index (κ2) is 10.2. The summed E-state index contributed by atoms with van der Waals surface area (Å²) in [6.07, 6.45) is 0.685. The first-order chi connectivity index (χ1) is 16.0. The zero-order valence-electron chi connectivity index (χ0n) is 20.4. The molecule has 0 saturated carbocycles. The molecule has 7 heteroatoms. The first-order valence-electron chi connectivity index (χ1n) is 11.5.